The standard InChI is InChI=1S/C39H67NO4.C2H6/c1-27(2)12-10-11-13-29-15-17-33-32-16-14-30-24-31(18-20-39(30,9)34(32)19-21-38(29,33)8)43-26-35(42)40-36(4,5)22-23-44-37(6,7)25-28(3)41;1-2/h14,27,29,31-34H,10-13,15-26H2,1-9H3,(H,40,42);1-2H3. The summed E-state index contributed by atoms with van der Waals surface area (Å²) in [5, 5.41) is 3.15. The molecule has 0 aliphatic heterocycles. The average Bonchev–Trinajstić information content (AvgIpc) is 3.30. The fourth-order valence-electron chi connectivity index (χ4n) is 10.2. The third-order valence-corrected chi connectivity index (χ3v) is 12.7. The highest BCUT2D eigenvalue weighted by Gasteiger charge is 2.58. The summed E-state index contributed by atoms with van der Waals surface area (Å²) in [6.45, 7) is 24.1. The van der Waals surface area contributed by atoms with Crippen molar-refractivity contribution in [1.29, 1.82) is 0 Å². The Morgan fingerprint density at radius 3 is 2.39 bits per heavy atom. The first-order valence-corrected chi connectivity index (χ1v) is 19.3. The molecule has 4 aliphatic carbocycles. The van der Waals surface area contributed by atoms with E-state index in [1.165, 1.54) is 64.2 Å². The summed E-state index contributed by atoms with van der Waals surface area (Å²) in [6, 6.07) is 0. The van der Waals surface area contributed by atoms with Gasteiger partial charge in [-0.3, -0.25) is 9.59 Å². The van der Waals surface area contributed by atoms with E-state index in [4.69, 9.17) is 9.47 Å². The van der Waals surface area contributed by atoms with Crippen molar-refractivity contribution in [3.8, 4) is 0 Å². The quantitative estimate of drug-likeness (QED) is 0.142. The monoisotopic (exact) mass is 644 g/mol. The molecule has 1 amide bonds. The summed E-state index contributed by atoms with van der Waals surface area (Å²) < 4.78 is 12.2. The Bertz CT molecular complexity index is 1030. The highest BCUT2D eigenvalue weighted by atomic mass is 16.5. The predicted molar refractivity (Wildman–Crippen MR) is 192 cm³/mol. The lowest BCUT2D eigenvalue weighted by Crippen LogP contribution is -2.50. The second kappa shape index (κ2) is 16.5. The van der Waals surface area contributed by atoms with Gasteiger partial charge in [-0.25, -0.2) is 0 Å². The van der Waals surface area contributed by atoms with Crippen LogP contribution >= 0.6 is 0 Å². The first-order valence-electron chi connectivity index (χ1n) is 19.3. The second-order valence-corrected chi connectivity index (χ2v) is 17.6. The summed E-state index contributed by atoms with van der Waals surface area (Å²) in [5.74, 6) is 4.40. The molecule has 0 aromatic carbocycles. The molecule has 0 spiro atoms. The van der Waals surface area contributed by atoms with Crippen molar-refractivity contribution in [3.05, 3.63) is 11.6 Å². The average molecular weight is 644 g/mol. The van der Waals surface area contributed by atoms with Gasteiger partial charge < -0.3 is 14.8 Å². The van der Waals surface area contributed by atoms with Gasteiger partial charge in [0.05, 0.1) is 11.7 Å². The van der Waals surface area contributed by atoms with Crippen LogP contribution in [0.5, 0.6) is 0 Å². The molecule has 7 atom stereocenters. The van der Waals surface area contributed by atoms with Crippen molar-refractivity contribution in [1.82, 2.24) is 5.32 Å². The van der Waals surface area contributed by atoms with Crippen LogP contribution in [0, 0.1) is 40.4 Å². The molecule has 0 heterocycles. The van der Waals surface area contributed by atoms with Crippen molar-refractivity contribution in [2.75, 3.05) is 13.2 Å². The molecule has 46 heavy (non-hydrogen) atoms. The second-order valence-electron chi connectivity index (χ2n) is 17.6. The molecule has 5 heteroatoms. The normalized spacial score (nSPS) is 32.4. The van der Waals surface area contributed by atoms with Crippen LogP contribution in [0.25, 0.3) is 0 Å². The van der Waals surface area contributed by atoms with Crippen LogP contribution in [0.1, 0.15) is 166 Å². The van der Waals surface area contributed by atoms with Crippen molar-refractivity contribution >= 4 is 11.7 Å². The first kappa shape index (κ1) is 39.2. The Labute approximate surface area is 284 Å². The van der Waals surface area contributed by atoms with Gasteiger partial charge in [-0.2, -0.15) is 0 Å². The van der Waals surface area contributed by atoms with Gasteiger partial charge in [-0.05, 0) is 139 Å². The summed E-state index contributed by atoms with van der Waals surface area (Å²) in [5.41, 5.74) is 1.59. The van der Waals surface area contributed by atoms with Crippen molar-refractivity contribution < 1.29 is 19.1 Å². The van der Waals surface area contributed by atoms with Crippen LogP contribution in [0.2, 0.25) is 0 Å². The molecular weight excluding hydrogens is 570 g/mol. The van der Waals surface area contributed by atoms with Crippen molar-refractivity contribution in [3.63, 3.8) is 0 Å². The lowest BCUT2D eigenvalue weighted by Gasteiger charge is -2.58. The number of amides is 1. The zero-order valence-corrected chi connectivity index (χ0v) is 32.0. The van der Waals surface area contributed by atoms with E-state index in [1.807, 2.05) is 41.5 Å². The highest BCUT2D eigenvalue weighted by molar-refractivity contribution is 5.78. The number of allylic oxidation sites excluding steroid dienone is 1. The lowest BCUT2D eigenvalue weighted by molar-refractivity contribution is -0.131. The Kier molecular flexibility index (Phi) is 14.0. The summed E-state index contributed by atoms with van der Waals surface area (Å²) >= 11 is 0. The molecule has 4 rings (SSSR count). The largest absolute Gasteiger partial charge is 0.375 e. The lowest BCUT2D eigenvalue weighted by atomic mass is 9.47. The molecule has 3 saturated carbocycles. The molecule has 5 nitrogen and oxygen atoms in total. The molecular formula is C41H73NO4. The van der Waals surface area contributed by atoms with Crippen molar-refractivity contribution in [2.45, 2.75) is 183 Å². The van der Waals surface area contributed by atoms with E-state index in [0.717, 1.165) is 42.4 Å². The minimum Gasteiger partial charge on any atom is -0.375 e. The molecule has 0 aromatic heterocycles. The van der Waals surface area contributed by atoms with Gasteiger partial charge in [0.1, 0.15) is 12.4 Å². The smallest absolute Gasteiger partial charge is 0.246 e. The van der Waals surface area contributed by atoms with Gasteiger partial charge in [0.15, 0.2) is 0 Å². The number of rotatable bonds is 15. The number of carbonyl (C=O) groups excluding carboxylic acids is 2. The van der Waals surface area contributed by atoms with Crippen LogP contribution in [0.4, 0.5) is 0 Å². The number of fused-ring (bicyclic) bond motifs is 5. The van der Waals surface area contributed by atoms with Gasteiger partial charge in [0, 0.05) is 18.6 Å². The van der Waals surface area contributed by atoms with E-state index in [0.29, 0.717) is 30.3 Å². The number of hydrogen-bond donors (Lipinski definition) is 1. The molecule has 1 N–H and O–H groups in total. The number of nitrogens with one attached hydrogen (secondary N) is 1. The van der Waals surface area contributed by atoms with Crippen LogP contribution in [-0.2, 0) is 19.1 Å². The molecule has 0 radical (unpaired) electrons. The molecule has 266 valence electrons. The van der Waals surface area contributed by atoms with Gasteiger partial charge in [0.2, 0.25) is 5.91 Å². The van der Waals surface area contributed by atoms with E-state index in [1.54, 1.807) is 12.5 Å². The van der Waals surface area contributed by atoms with Crippen LogP contribution in [0.15, 0.2) is 11.6 Å². The Hall–Kier alpha value is -1.20. The number of unbranched alkanes of at least 4 members (excludes halogenated alkanes) is 1. The molecule has 7 unspecified atom stereocenters. The van der Waals surface area contributed by atoms with Gasteiger partial charge in [0.25, 0.3) is 0 Å². The van der Waals surface area contributed by atoms with Crippen LogP contribution in [0.3, 0.4) is 0 Å². The number of Topliss-reactive ketones (excluding diaryl/α,β-unsaturated/α-hetero) is 1. The predicted octanol–water partition coefficient (Wildman–Crippen LogP) is 10.3. The SMILES string of the molecule is CC.CC(=O)CC(C)(C)OCCC(C)(C)NC(=O)COC1CCC2(C)C(=CCC3C2CCC2(C)C(CCCCC(C)C)CCC32)C1. The molecule has 0 saturated heterocycles. The maximum absolute atomic E-state index is 12.9. The van der Waals surface area contributed by atoms with E-state index < -0.39 is 11.1 Å². The maximum atomic E-state index is 12.9. The molecule has 0 bridgehead atoms. The number of ether oxygens (including phenoxy) is 2. The van der Waals surface area contributed by atoms with Crippen molar-refractivity contribution in [2.24, 2.45) is 40.4 Å². The Balaban J connectivity index is 0.00000282. The third-order valence-electron chi connectivity index (χ3n) is 12.7. The fourth-order valence-corrected chi connectivity index (χ4v) is 10.2. The molecule has 4 aliphatic rings. The summed E-state index contributed by atoms with van der Waals surface area (Å²) in [4.78, 5) is 24.4. The summed E-state index contributed by atoms with van der Waals surface area (Å²) in [7, 11) is 0. The first-order chi connectivity index (χ1) is 21.5. The Morgan fingerprint density at radius 1 is 1.00 bits per heavy atom. The zero-order valence-electron chi connectivity index (χ0n) is 32.0. The highest BCUT2D eigenvalue weighted by Crippen LogP contribution is 2.66. The van der Waals surface area contributed by atoms with Crippen LogP contribution < -0.4 is 5.32 Å². The number of hydrogen-bond acceptors (Lipinski definition) is 4. The zero-order chi connectivity index (χ0) is 34.3. The Morgan fingerprint density at radius 2 is 1.72 bits per heavy atom. The maximum Gasteiger partial charge on any atom is 0.246 e. The van der Waals surface area contributed by atoms with E-state index >= 15 is 0 Å². The van der Waals surface area contributed by atoms with E-state index in [-0.39, 0.29) is 24.4 Å². The minimum absolute atomic E-state index is 0.0596. The fraction of sp³-hybridized carbons (Fsp3) is 0.902. The van der Waals surface area contributed by atoms with E-state index in [9.17, 15) is 9.59 Å². The number of carbonyl (C=O) groups is 2. The molecule has 3 fully saturated rings. The third kappa shape index (κ3) is 9.93. The summed E-state index contributed by atoms with van der Waals surface area (Å²) in [6.07, 6.45) is 19.7. The van der Waals surface area contributed by atoms with Gasteiger partial charge in [-0.1, -0.05) is 72.5 Å². The topological polar surface area (TPSA) is 64.6 Å². The van der Waals surface area contributed by atoms with E-state index in [2.05, 4.69) is 39.1 Å². The van der Waals surface area contributed by atoms with Gasteiger partial charge in [-0.15, -0.1) is 0 Å². The minimum atomic E-state index is -0.484. The van der Waals surface area contributed by atoms with Gasteiger partial charge >= 0.3 is 0 Å². The number of ketones is 1. The van der Waals surface area contributed by atoms with Crippen LogP contribution in [-0.4, -0.2) is 42.1 Å². The molecule has 0 aromatic rings.